The van der Waals surface area contributed by atoms with Crippen molar-refractivity contribution in [2.45, 2.75) is 46.2 Å². The molecule has 4 aromatic rings. The molecule has 0 saturated heterocycles. The molecular formula is C22H24FN5O2S. The summed E-state index contributed by atoms with van der Waals surface area (Å²) in [4.78, 5) is 25.1. The Morgan fingerprint density at radius 2 is 1.97 bits per heavy atom. The molecule has 3 aromatic heterocycles. The van der Waals surface area contributed by atoms with E-state index >= 15 is 0 Å². The maximum atomic E-state index is 13.0. The van der Waals surface area contributed by atoms with Gasteiger partial charge in [-0.15, -0.1) is 21.5 Å². The molecule has 0 saturated carbocycles. The molecule has 0 bridgehead atoms. The zero-order valence-electron chi connectivity index (χ0n) is 17.5. The Morgan fingerprint density at radius 1 is 1.19 bits per heavy atom. The summed E-state index contributed by atoms with van der Waals surface area (Å²) in [5.41, 5.74) is 1.62. The van der Waals surface area contributed by atoms with Crippen LogP contribution in [0.5, 0.6) is 0 Å². The number of carbonyl (C=O) groups excluding carboxylic acids is 1. The zero-order valence-corrected chi connectivity index (χ0v) is 18.3. The highest BCUT2D eigenvalue weighted by atomic mass is 32.1. The van der Waals surface area contributed by atoms with E-state index in [2.05, 4.69) is 29.4 Å². The van der Waals surface area contributed by atoms with E-state index in [0.717, 1.165) is 16.9 Å². The van der Waals surface area contributed by atoms with Crippen LogP contribution in [0.25, 0.3) is 16.0 Å². The Hall–Kier alpha value is -3.07. The number of thiophene rings is 1. The maximum absolute atomic E-state index is 13.0. The van der Waals surface area contributed by atoms with Gasteiger partial charge in [-0.25, -0.2) is 4.39 Å². The van der Waals surface area contributed by atoms with Gasteiger partial charge in [-0.05, 0) is 41.5 Å². The number of nitrogens with zero attached hydrogens (tertiary/aromatic N) is 4. The summed E-state index contributed by atoms with van der Waals surface area (Å²) >= 11 is 1.42. The van der Waals surface area contributed by atoms with Crippen molar-refractivity contribution in [1.82, 2.24) is 24.5 Å². The van der Waals surface area contributed by atoms with Crippen molar-refractivity contribution in [3.63, 3.8) is 0 Å². The molecule has 0 aliphatic carbocycles. The molecule has 0 aliphatic heterocycles. The summed E-state index contributed by atoms with van der Waals surface area (Å²) in [5, 5.41) is 13.4. The third-order valence-electron chi connectivity index (χ3n) is 5.03. The van der Waals surface area contributed by atoms with Crippen molar-refractivity contribution in [3.05, 3.63) is 63.3 Å². The third kappa shape index (κ3) is 4.51. The van der Waals surface area contributed by atoms with Crippen LogP contribution in [-0.2, 0) is 24.3 Å². The molecule has 0 spiro atoms. The van der Waals surface area contributed by atoms with Gasteiger partial charge < -0.3 is 5.32 Å². The highest BCUT2D eigenvalue weighted by Crippen LogP contribution is 2.21. The second-order valence-electron chi connectivity index (χ2n) is 7.95. The molecular weight excluding hydrogens is 417 g/mol. The van der Waals surface area contributed by atoms with E-state index in [0.29, 0.717) is 48.7 Å². The van der Waals surface area contributed by atoms with E-state index in [9.17, 15) is 14.0 Å². The minimum Gasteiger partial charge on any atom is -0.352 e. The predicted molar refractivity (Wildman–Crippen MR) is 119 cm³/mol. The lowest BCUT2D eigenvalue weighted by Gasteiger charge is -2.11. The smallest absolute Gasteiger partial charge is 0.272 e. The van der Waals surface area contributed by atoms with Gasteiger partial charge in [0.2, 0.25) is 11.7 Å². The first-order chi connectivity index (χ1) is 14.9. The van der Waals surface area contributed by atoms with Gasteiger partial charge in [0, 0.05) is 25.9 Å². The van der Waals surface area contributed by atoms with Gasteiger partial charge in [-0.1, -0.05) is 26.0 Å². The molecule has 1 aromatic carbocycles. The summed E-state index contributed by atoms with van der Waals surface area (Å²) in [6.07, 6.45) is 1.51. The second kappa shape index (κ2) is 8.97. The highest BCUT2D eigenvalue weighted by Gasteiger charge is 2.18. The van der Waals surface area contributed by atoms with E-state index in [1.54, 1.807) is 16.7 Å². The van der Waals surface area contributed by atoms with E-state index in [4.69, 9.17) is 0 Å². The number of aromatic nitrogens is 4. The molecule has 3 heterocycles. The van der Waals surface area contributed by atoms with E-state index < -0.39 is 0 Å². The number of rotatable bonds is 8. The largest absolute Gasteiger partial charge is 0.352 e. The SMILES string of the molecule is CC(C)Cn1c(=O)c2sccc2n2c(CCCC(=O)NCc3ccc(F)cc3)nnc12. The molecule has 31 heavy (non-hydrogen) atoms. The lowest BCUT2D eigenvalue weighted by molar-refractivity contribution is -0.121. The van der Waals surface area contributed by atoms with Gasteiger partial charge in [0.25, 0.3) is 5.56 Å². The number of fused-ring (bicyclic) bond motifs is 3. The average molecular weight is 442 g/mol. The normalized spacial score (nSPS) is 11.6. The minimum atomic E-state index is -0.297. The van der Waals surface area contributed by atoms with Crippen molar-refractivity contribution in [1.29, 1.82) is 0 Å². The molecule has 1 amide bonds. The van der Waals surface area contributed by atoms with Gasteiger partial charge in [0.1, 0.15) is 16.3 Å². The van der Waals surface area contributed by atoms with Crippen LogP contribution >= 0.6 is 11.3 Å². The Labute approximate surface area is 182 Å². The molecule has 9 heteroatoms. The van der Waals surface area contributed by atoms with Crippen LogP contribution in [0.1, 0.15) is 38.1 Å². The van der Waals surface area contributed by atoms with E-state index in [1.807, 2.05) is 15.8 Å². The first kappa shape index (κ1) is 21.2. The molecule has 4 rings (SSSR count). The summed E-state index contributed by atoms with van der Waals surface area (Å²) in [5.74, 6) is 1.20. The standard InChI is InChI=1S/C22H24FN5O2S/c1-14(2)13-27-21(30)20-17(10-11-31-20)28-18(25-26-22(27)28)4-3-5-19(29)24-12-15-6-8-16(23)9-7-15/h6-11,14H,3-5,12-13H2,1-2H3,(H,24,29). The fourth-order valence-corrected chi connectivity index (χ4v) is 4.39. The summed E-state index contributed by atoms with van der Waals surface area (Å²) in [7, 11) is 0. The maximum Gasteiger partial charge on any atom is 0.272 e. The van der Waals surface area contributed by atoms with Gasteiger partial charge in [-0.3, -0.25) is 18.6 Å². The molecule has 1 N–H and O–H groups in total. The zero-order chi connectivity index (χ0) is 22.0. The molecule has 0 radical (unpaired) electrons. The molecule has 0 aliphatic rings. The van der Waals surface area contributed by atoms with Gasteiger partial charge in [0.15, 0.2) is 0 Å². The van der Waals surface area contributed by atoms with Crippen LogP contribution in [0.15, 0.2) is 40.5 Å². The number of hydrogen-bond donors (Lipinski definition) is 1. The van der Waals surface area contributed by atoms with Gasteiger partial charge in [-0.2, -0.15) is 0 Å². The summed E-state index contributed by atoms with van der Waals surface area (Å²) in [6, 6.07) is 7.97. The van der Waals surface area contributed by atoms with Crippen LogP contribution in [0.4, 0.5) is 4.39 Å². The average Bonchev–Trinajstić information content (AvgIpc) is 3.38. The fourth-order valence-electron chi connectivity index (χ4n) is 3.57. The number of aryl methyl sites for hydroxylation is 1. The molecule has 162 valence electrons. The Morgan fingerprint density at radius 3 is 2.71 bits per heavy atom. The fraction of sp³-hybridized carbons (Fsp3) is 0.364. The van der Waals surface area contributed by atoms with Crippen LogP contribution < -0.4 is 10.9 Å². The lowest BCUT2D eigenvalue weighted by atomic mass is 10.2. The highest BCUT2D eigenvalue weighted by molar-refractivity contribution is 7.17. The molecule has 7 nitrogen and oxygen atoms in total. The Kier molecular flexibility index (Phi) is 6.13. The second-order valence-corrected chi connectivity index (χ2v) is 8.87. The molecule has 0 fully saturated rings. The summed E-state index contributed by atoms with van der Waals surface area (Å²) < 4.78 is 17.3. The van der Waals surface area contributed by atoms with Crippen LogP contribution in [0.2, 0.25) is 0 Å². The van der Waals surface area contributed by atoms with Crippen molar-refractivity contribution < 1.29 is 9.18 Å². The van der Waals surface area contributed by atoms with Crippen LogP contribution in [-0.4, -0.2) is 25.1 Å². The Bertz CT molecular complexity index is 1270. The monoisotopic (exact) mass is 441 g/mol. The Balaban J connectivity index is 1.46. The number of nitrogens with one attached hydrogen (secondary N) is 1. The van der Waals surface area contributed by atoms with E-state index in [-0.39, 0.29) is 17.3 Å². The first-order valence-electron chi connectivity index (χ1n) is 10.3. The molecule has 0 unspecified atom stereocenters. The van der Waals surface area contributed by atoms with Crippen molar-refractivity contribution >= 4 is 33.2 Å². The predicted octanol–water partition coefficient (Wildman–Crippen LogP) is 3.54. The lowest BCUT2D eigenvalue weighted by Crippen LogP contribution is -2.25. The number of benzene rings is 1. The van der Waals surface area contributed by atoms with E-state index in [1.165, 1.54) is 23.5 Å². The van der Waals surface area contributed by atoms with Crippen molar-refractivity contribution in [3.8, 4) is 0 Å². The quantitative estimate of drug-likeness (QED) is 0.454. The first-order valence-corrected chi connectivity index (χ1v) is 11.2. The van der Waals surface area contributed by atoms with Crippen molar-refractivity contribution in [2.75, 3.05) is 0 Å². The topological polar surface area (TPSA) is 81.3 Å². The number of carbonyl (C=O) groups is 1. The van der Waals surface area contributed by atoms with Crippen molar-refractivity contribution in [2.24, 2.45) is 5.92 Å². The number of hydrogen-bond acceptors (Lipinski definition) is 5. The van der Waals surface area contributed by atoms with Crippen LogP contribution in [0, 0.1) is 11.7 Å². The van der Waals surface area contributed by atoms with Crippen LogP contribution in [0.3, 0.4) is 0 Å². The van der Waals surface area contributed by atoms with Gasteiger partial charge >= 0.3 is 0 Å². The third-order valence-corrected chi connectivity index (χ3v) is 5.93. The number of amides is 1. The minimum absolute atomic E-state index is 0.0367. The summed E-state index contributed by atoms with van der Waals surface area (Å²) in [6.45, 7) is 5.05. The number of halogens is 1. The molecule has 0 atom stereocenters. The van der Waals surface area contributed by atoms with Gasteiger partial charge in [0.05, 0.1) is 5.52 Å².